The number of thioether (sulfide) groups is 1. The van der Waals surface area contributed by atoms with Crippen LogP contribution in [0.3, 0.4) is 0 Å². The average molecular weight is 407 g/mol. The molecule has 0 saturated carbocycles. The van der Waals surface area contributed by atoms with E-state index in [2.05, 4.69) is 4.98 Å². The van der Waals surface area contributed by atoms with Crippen LogP contribution in [0.1, 0.15) is 33.6 Å². The van der Waals surface area contributed by atoms with Gasteiger partial charge in [-0.1, -0.05) is 49.4 Å². The molecule has 0 saturated heterocycles. The van der Waals surface area contributed by atoms with Gasteiger partial charge in [-0.3, -0.25) is 4.79 Å². The molecule has 0 spiro atoms. The van der Waals surface area contributed by atoms with Crippen molar-refractivity contribution in [1.82, 2.24) is 4.98 Å². The molecule has 1 aromatic carbocycles. The first-order valence-corrected chi connectivity index (χ1v) is 11.6. The van der Waals surface area contributed by atoms with Gasteiger partial charge in [0.2, 0.25) is 5.48 Å². The lowest BCUT2D eigenvalue weighted by Gasteiger charge is -2.16. The zero-order valence-corrected chi connectivity index (χ0v) is 17.7. The summed E-state index contributed by atoms with van der Waals surface area (Å²) in [6.07, 6.45) is 1.34. The smallest absolute Gasteiger partial charge is 0.319 e. The van der Waals surface area contributed by atoms with Crippen LogP contribution >= 0.6 is 19.5 Å². The maximum atomic E-state index is 12.9. The number of esters is 1. The molecule has 2 aromatic rings. The standard InChI is InChI=1S/C20H26NO4PS/c1-4-9-16(19(22)24-5-2)20(25-6-3)26(23)14-27-18-13-12-15-10-7-8-11-17(15)21-18/h7-8,10-13,16H,4-6,9,14H2,1-3H3. The number of benzene rings is 1. The summed E-state index contributed by atoms with van der Waals surface area (Å²) in [7, 11) is -1.84. The van der Waals surface area contributed by atoms with Crippen LogP contribution in [-0.2, 0) is 14.3 Å². The van der Waals surface area contributed by atoms with Crippen molar-refractivity contribution in [1.29, 1.82) is 0 Å². The van der Waals surface area contributed by atoms with Crippen molar-refractivity contribution in [2.24, 2.45) is 5.92 Å². The van der Waals surface area contributed by atoms with Gasteiger partial charge in [0.25, 0.3) is 0 Å². The predicted molar refractivity (Wildman–Crippen MR) is 111 cm³/mol. The van der Waals surface area contributed by atoms with Gasteiger partial charge < -0.3 is 14.4 Å². The van der Waals surface area contributed by atoms with Crippen LogP contribution < -0.4 is 4.89 Å². The van der Waals surface area contributed by atoms with E-state index in [0.29, 0.717) is 30.6 Å². The molecule has 2 atom stereocenters. The first-order valence-electron chi connectivity index (χ1n) is 9.20. The summed E-state index contributed by atoms with van der Waals surface area (Å²) in [6.45, 7) is 6.24. The van der Waals surface area contributed by atoms with Crippen LogP contribution in [0.5, 0.6) is 0 Å². The number of nitrogens with zero attached hydrogens (tertiary/aromatic N) is 1. The van der Waals surface area contributed by atoms with E-state index in [1.807, 2.05) is 50.2 Å². The molecule has 2 rings (SSSR count). The second-order valence-electron chi connectivity index (χ2n) is 5.86. The summed E-state index contributed by atoms with van der Waals surface area (Å²) in [4.78, 5) is 29.8. The topological polar surface area (TPSA) is 71.5 Å². The molecule has 0 aliphatic heterocycles. The van der Waals surface area contributed by atoms with Crippen molar-refractivity contribution < 1.29 is 19.2 Å². The quantitative estimate of drug-likeness (QED) is 0.334. The number of fused-ring (bicyclic) bond motifs is 1. The minimum absolute atomic E-state index is 0.297. The molecule has 0 radical (unpaired) electrons. The van der Waals surface area contributed by atoms with Gasteiger partial charge in [0.15, 0.2) is 5.49 Å². The van der Waals surface area contributed by atoms with Crippen LogP contribution in [0, 0.1) is 5.92 Å². The van der Waals surface area contributed by atoms with E-state index in [1.54, 1.807) is 6.92 Å². The lowest BCUT2D eigenvalue weighted by molar-refractivity contribution is -0.154. The highest BCUT2D eigenvalue weighted by molar-refractivity contribution is 8.04. The lowest BCUT2D eigenvalue weighted by atomic mass is 10.1. The third-order valence-electron chi connectivity index (χ3n) is 3.89. The number of ether oxygens (including phenoxy) is 2. The van der Waals surface area contributed by atoms with E-state index in [4.69, 9.17) is 9.47 Å². The molecule has 0 bridgehead atoms. The van der Waals surface area contributed by atoms with Crippen LogP contribution in [0.2, 0.25) is 0 Å². The second-order valence-corrected chi connectivity index (χ2v) is 8.80. The fourth-order valence-corrected chi connectivity index (χ4v) is 5.37. The molecule has 0 N–H and O–H groups in total. The Balaban J connectivity index is 2.19. The highest BCUT2D eigenvalue weighted by Crippen LogP contribution is 2.31. The molecular formula is C20H26NO4PS. The number of rotatable bonds is 10. The molecule has 1 aromatic heterocycles. The van der Waals surface area contributed by atoms with Gasteiger partial charge in [-0.15, -0.1) is 0 Å². The number of para-hydroxylation sites is 1. The van der Waals surface area contributed by atoms with Crippen molar-refractivity contribution in [3.8, 4) is 0 Å². The fourth-order valence-electron chi connectivity index (χ4n) is 2.68. The minimum atomic E-state index is -1.84. The number of pyridine rings is 1. The van der Waals surface area contributed by atoms with Gasteiger partial charge in [-0.2, -0.15) is 0 Å². The van der Waals surface area contributed by atoms with Gasteiger partial charge in [0.05, 0.1) is 26.5 Å². The Labute approximate surface area is 165 Å². The van der Waals surface area contributed by atoms with Crippen LogP contribution in [-0.4, -0.2) is 35.1 Å². The Hall–Kier alpha value is -1.46. The number of hydrogen-bond donors (Lipinski definition) is 0. The molecule has 0 aliphatic rings. The minimum Gasteiger partial charge on any atom is -0.628 e. The Kier molecular flexibility index (Phi) is 9.22. The Morgan fingerprint density at radius 1 is 1.15 bits per heavy atom. The van der Waals surface area contributed by atoms with Crippen molar-refractivity contribution in [3.05, 3.63) is 36.4 Å². The van der Waals surface area contributed by atoms with E-state index in [1.165, 1.54) is 11.8 Å². The summed E-state index contributed by atoms with van der Waals surface area (Å²) in [6, 6.07) is 11.8. The van der Waals surface area contributed by atoms with Gasteiger partial charge >= 0.3 is 5.97 Å². The SMILES string of the molecule is CCCC(C(=O)OCC)C(OCC)=[P+]([O-])CSc1ccc2ccccc2n1. The fraction of sp³-hybridized carbons (Fsp3) is 0.450. The monoisotopic (exact) mass is 407 g/mol. The van der Waals surface area contributed by atoms with E-state index in [-0.39, 0.29) is 5.97 Å². The van der Waals surface area contributed by atoms with Gasteiger partial charge in [-0.05, 0) is 32.4 Å². The third kappa shape index (κ3) is 6.28. The average Bonchev–Trinajstić information content (AvgIpc) is 2.68. The molecule has 0 fully saturated rings. The molecule has 1 heterocycles. The Morgan fingerprint density at radius 2 is 1.89 bits per heavy atom. The molecule has 0 amide bonds. The predicted octanol–water partition coefficient (Wildman–Crippen LogP) is 4.19. The summed E-state index contributed by atoms with van der Waals surface area (Å²) < 4.78 is 10.8. The molecule has 146 valence electrons. The number of carbonyl (C=O) groups is 1. The summed E-state index contributed by atoms with van der Waals surface area (Å²) in [5.41, 5.74) is 1.57. The Morgan fingerprint density at radius 3 is 2.59 bits per heavy atom. The first-order chi connectivity index (χ1) is 13.1. The highest BCUT2D eigenvalue weighted by Gasteiger charge is 2.31. The van der Waals surface area contributed by atoms with E-state index >= 15 is 0 Å². The van der Waals surface area contributed by atoms with Crippen LogP contribution in [0.4, 0.5) is 0 Å². The Bertz CT molecular complexity index is 796. The normalized spacial score (nSPS) is 13.3. The van der Waals surface area contributed by atoms with Crippen LogP contribution in [0.25, 0.3) is 10.9 Å². The van der Waals surface area contributed by atoms with E-state index < -0.39 is 13.7 Å². The number of carbonyl (C=O) groups excluding carboxylic acids is 1. The maximum Gasteiger partial charge on any atom is 0.319 e. The third-order valence-corrected chi connectivity index (χ3v) is 6.80. The van der Waals surface area contributed by atoms with E-state index in [0.717, 1.165) is 22.3 Å². The van der Waals surface area contributed by atoms with Gasteiger partial charge in [0.1, 0.15) is 10.9 Å². The lowest BCUT2D eigenvalue weighted by Crippen LogP contribution is -2.29. The molecular weight excluding hydrogens is 381 g/mol. The van der Waals surface area contributed by atoms with Crippen molar-refractivity contribution >= 4 is 41.9 Å². The number of hydrogen-bond acceptors (Lipinski definition) is 6. The molecule has 2 unspecified atom stereocenters. The number of aromatic nitrogens is 1. The van der Waals surface area contributed by atoms with Crippen molar-refractivity contribution in [3.63, 3.8) is 0 Å². The van der Waals surface area contributed by atoms with Crippen molar-refractivity contribution in [2.75, 3.05) is 18.7 Å². The molecule has 27 heavy (non-hydrogen) atoms. The molecule has 0 aliphatic carbocycles. The molecule has 7 heteroatoms. The largest absolute Gasteiger partial charge is 0.628 e. The summed E-state index contributed by atoms with van der Waals surface area (Å²) >= 11 is 1.41. The maximum absolute atomic E-state index is 12.9. The summed E-state index contributed by atoms with van der Waals surface area (Å²) in [5, 5.41) is 1.87. The second kappa shape index (κ2) is 11.4. The van der Waals surface area contributed by atoms with Crippen molar-refractivity contribution in [2.45, 2.75) is 38.6 Å². The first kappa shape index (κ1) is 21.8. The van der Waals surface area contributed by atoms with E-state index in [9.17, 15) is 9.69 Å². The summed E-state index contributed by atoms with van der Waals surface area (Å²) in [5.74, 6) is -0.941. The highest BCUT2D eigenvalue weighted by atomic mass is 32.2. The van der Waals surface area contributed by atoms with Gasteiger partial charge in [0, 0.05) is 5.39 Å². The molecule has 5 nitrogen and oxygen atoms in total. The zero-order valence-electron chi connectivity index (χ0n) is 16.0. The van der Waals surface area contributed by atoms with Crippen LogP contribution in [0.15, 0.2) is 41.4 Å². The van der Waals surface area contributed by atoms with Gasteiger partial charge in [-0.25, -0.2) is 4.98 Å². The zero-order chi connectivity index (χ0) is 19.6.